The van der Waals surface area contributed by atoms with Crippen molar-refractivity contribution in [1.29, 1.82) is 0 Å². The highest BCUT2D eigenvalue weighted by Crippen LogP contribution is 2.31. The minimum Gasteiger partial charge on any atom is -0.457 e. The first-order valence-electron chi connectivity index (χ1n) is 8.65. The van der Waals surface area contributed by atoms with Gasteiger partial charge in [0.25, 0.3) is 0 Å². The largest absolute Gasteiger partial charge is 0.457 e. The van der Waals surface area contributed by atoms with E-state index in [0.29, 0.717) is 12.6 Å². The smallest absolute Gasteiger partial charge is 0.223 e. The molecule has 3 heterocycles. The third-order valence-corrected chi connectivity index (χ3v) is 5.65. The van der Waals surface area contributed by atoms with Crippen LogP contribution in [-0.2, 0) is 11.3 Å². The zero-order chi connectivity index (χ0) is 17.2. The number of fused-ring (bicyclic) bond motifs is 1. The molecule has 0 spiro atoms. The number of thiazole rings is 1. The van der Waals surface area contributed by atoms with Gasteiger partial charge >= 0.3 is 0 Å². The molecule has 1 aliphatic heterocycles. The molecule has 0 bridgehead atoms. The summed E-state index contributed by atoms with van der Waals surface area (Å²) in [6.45, 7) is 3.44. The molecule has 3 aromatic rings. The van der Waals surface area contributed by atoms with Crippen LogP contribution in [0.3, 0.4) is 0 Å². The number of furan rings is 1. The molecule has 1 amide bonds. The molecular formula is C19H21N3O2S. The minimum atomic E-state index is 0.0925. The highest BCUT2D eigenvalue weighted by Gasteiger charge is 2.24. The number of benzene rings is 1. The van der Waals surface area contributed by atoms with E-state index >= 15 is 0 Å². The Hall–Kier alpha value is -2.18. The monoisotopic (exact) mass is 355 g/mol. The van der Waals surface area contributed by atoms with Crippen molar-refractivity contribution < 1.29 is 9.21 Å². The van der Waals surface area contributed by atoms with Crippen LogP contribution < -0.4 is 10.6 Å². The van der Waals surface area contributed by atoms with E-state index in [-0.39, 0.29) is 11.8 Å². The van der Waals surface area contributed by atoms with Crippen molar-refractivity contribution in [2.75, 3.05) is 6.54 Å². The molecule has 1 fully saturated rings. The maximum Gasteiger partial charge on any atom is 0.223 e. The first-order valence-corrected chi connectivity index (χ1v) is 9.46. The maximum atomic E-state index is 12.3. The normalized spacial score (nSPS) is 20.7. The molecule has 6 heteroatoms. The SMILES string of the molecule is C[C@H]1C[C@@H](C(=O)NCc2ccc(-c3nc4ccccc4s3)o2)CCN1. The molecule has 1 aliphatic rings. The summed E-state index contributed by atoms with van der Waals surface area (Å²) in [5.41, 5.74) is 0.980. The number of carbonyl (C=O) groups is 1. The fourth-order valence-corrected chi connectivity index (χ4v) is 4.18. The second-order valence-electron chi connectivity index (χ2n) is 6.55. The molecule has 25 heavy (non-hydrogen) atoms. The molecule has 0 radical (unpaired) electrons. The highest BCUT2D eigenvalue weighted by molar-refractivity contribution is 7.21. The number of rotatable bonds is 4. The first-order chi connectivity index (χ1) is 12.2. The van der Waals surface area contributed by atoms with Crippen LogP contribution >= 0.6 is 11.3 Å². The van der Waals surface area contributed by atoms with Gasteiger partial charge < -0.3 is 15.1 Å². The summed E-state index contributed by atoms with van der Waals surface area (Å²) in [5, 5.41) is 7.24. The fraction of sp³-hybridized carbons (Fsp3) is 0.368. The number of piperidine rings is 1. The Morgan fingerprint density at radius 3 is 3.08 bits per heavy atom. The van der Waals surface area contributed by atoms with Crippen molar-refractivity contribution in [2.24, 2.45) is 5.92 Å². The average molecular weight is 355 g/mol. The van der Waals surface area contributed by atoms with Crippen LogP contribution in [0.25, 0.3) is 21.0 Å². The van der Waals surface area contributed by atoms with E-state index in [1.807, 2.05) is 30.3 Å². The maximum absolute atomic E-state index is 12.3. The van der Waals surface area contributed by atoms with Gasteiger partial charge in [0.15, 0.2) is 10.8 Å². The Bertz CT molecular complexity index is 853. The van der Waals surface area contributed by atoms with E-state index in [2.05, 4.69) is 28.6 Å². The summed E-state index contributed by atoms with van der Waals surface area (Å²) >= 11 is 1.61. The van der Waals surface area contributed by atoms with E-state index in [9.17, 15) is 4.79 Å². The van der Waals surface area contributed by atoms with Crippen molar-refractivity contribution in [3.8, 4) is 10.8 Å². The summed E-state index contributed by atoms with van der Waals surface area (Å²) in [6, 6.07) is 12.3. The Kier molecular flexibility index (Phi) is 4.55. The lowest BCUT2D eigenvalue weighted by Crippen LogP contribution is -2.42. The average Bonchev–Trinajstić information content (AvgIpc) is 3.26. The minimum absolute atomic E-state index is 0.0925. The molecule has 2 N–H and O–H groups in total. The molecule has 0 saturated carbocycles. The Balaban J connectivity index is 1.40. The van der Waals surface area contributed by atoms with Crippen molar-refractivity contribution in [3.63, 3.8) is 0 Å². The van der Waals surface area contributed by atoms with Crippen LogP contribution in [0.2, 0.25) is 0 Å². The first kappa shape index (κ1) is 16.3. The quantitative estimate of drug-likeness (QED) is 0.751. The predicted octanol–water partition coefficient (Wildman–Crippen LogP) is 3.56. The van der Waals surface area contributed by atoms with E-state index in [1.165, 1.54) is 0 Å². The van der Waals surface area contributed by atoms with Crippen LogP contribution in [0.4, 0.5) is 0 Å². The van der Waals surface area contributed by atoms with Crippen molar-refractivity contribution in [1.82, 2.24) is 15.6 Å². The van der Waals surface area contributed by atoms with Crippen LogP contribution in [0.15, 0.2) is 40.8 Å². The molecule has 5 nitrogen and oxygen atoms in total. The molecule has 0 unspecified atom stereocenters. The lowest BCUT2D eigenvalue weighted by Gasteiger charge is -2.26. The number of hydrogen-bond donors (Lipinski definition) is 2. The van der Waals surface area contributed by atoms with Crippen LogP contribution in [-0.4, -0.2) is 23.5 Å². The number of carbonyl (C=O) groups excluding carboxylic acids is 1. The molecule has 1 saturated heterocycles. The van der Waals surface area contributed by atoms with Gasteiger partial charge in [0, 0.05) is 12.0 Å². The Labute approximate surface area is 150 Å². The van der Waals surface area contributed by atoms with Gasteiger partial charge in [-0.1, -0.05) is 12.1 Å². The summed E-state index contributed by atoms with van der Waals surface area (Å²) in [7, 11) is 0. The van der Waals surface area contributed by atoms with Crippen LogP contribution in [0.1, 0.15) is 25.5 Å². The third kappa shape index (κ3) is 3.60. The fourth-order valence-electron chi connectivity index (χ4n) is 3.25. The predicted molar refractivity (Wildman–Crippen MR) is 99.4 cm³/mol. The Morgan fingerprint density at radius 1 is 1.36 bits per heavy atom. The summed E-state index contributed by atoms with van der Waals surface area (Å²) in [4.78, 5) is 16.9. The molecule has 0 aliphatic carbocycles. The second kappa shape index (κ2) is 6.98. The van der Waals surface area contributed by atoms with E-state index in [0.717, 1.165) is 46.1 Å². The van der Waals surface area contributed by atoms with Gasteiger partial charge in [0.05, 0.1) is 16.8 Å². The molecule has 130 valence electrons. The molecule has 2 atom stereocenters. The van der Waals surface area contributed by atoms with Crippen molar-refractivity contribution >= 4 is 27.5 Å². The summed E-state index contributed by atoms with van der Waals surface area (Å²) in [5.74, 6) is 1.71. The van der Waals surface area contributed by atoms with Gasteiger partial charge in [-0.2, -0.15) is 0 Å². The number of hydrogen-bond acceptors (Lipinski definition) is 5. The third-order valence-electron chi connectivity index (χ3n) is 4.60. The van der Waals surface area contributed by atoms with Gasteiger partial charge in [-0.3, -0.25) is 4.79 Å². The van der Waals surface area contributed by atoms with Crippen molar-refractivity contribution in [3.05, 3.63) is 42.2 Å². The van der Waals surface area contributed by atoms with Gasteiger partial charge in [0.2, 0.25) is 5.91 Å². The van der Waals surface area contributed by atoms with E-state index in [1.54, 1.807) is 11.3 Å². The number of nitrogens with zero attached hydrogens (tertiary/aromatic N) is 1. The van der Waals surface area contributed by atoms with Gasteiger partial charge in [-0.25, -0.2) is 4.98 Å². The summed E-state index contributed by atoms with van der Waals surface area (Å²) in [6.07, 6.45) is 1.78. The van der Waals surface area contributed by atoms with E-state index in [4.69, 9.17) is 4.42 Å². The number of nitrogens with one attached hydrogen (secondary N) is 2. The zero-order valence-corrected chi connectivity index (χ0v) is 14.9. The second-order valence-corrected chi connectivity index (χ2v) is 7.58. The van der Waals surface area contributed by atoms with Crippen LogP contribution in [0.5, 0.6) is 0 Å². The molecule has 1 aromatic carbocycles. The van der Waals surface area contributed by atoms with Crippen LogP contribution in [0, 0.1) is 5.92 Å². The van der Waals surface area contributed by atoms with Gasteiger partial charge in [-0.05, 0) is 50.6 Å². The highest BCUT2D eigenvalue weighted by atomic mass is 32.1. The molecule has 4 rings (SSSR count). The molecule has 2 aromatic heterocycles. The Morgan fingerprint density at radius 2 is 2.24 bits per heavy atom. The lowest BCUT2D eigenvalue weighted by atomic mass is 9.92. The molecular weight excluding hydrogens is 334 g/mol. The standard InChI is InChI=1S/C19H21N3O2S/c1-12-10-13(8-9-20-12)18(23)21-11-14-6-7-16(24-14)19-22-15-4-2-3-5-17(15)25-19/h2-7,12-13,20H,8-11H2,1H3,(H,21,23)/t12-,13-/m0/s1. The summed E-state index contributed by atoms with van der Waals surface area (Å²) < 4.78 is 7.02. The number of aromatic nitrogens is 1. The van der Waals surface area contributed by atoms with Gasteiger partial charge in [0.1, 0.15) is 5.76 Å². The number of amides is 1. The zero-order valence-electron chi connectivity index (χ0n) is 14.1. The lowest BCUT2D eigenvalue weighted by molar-refractivity contribution is -0.126. The topological polar surface area (TPSA) is 67.2 Å². The van der Waals surface area contributed by atoms with Gasteiger partial charge in [-0.15, -0.1) is 11.3 Å². The number of para-hydroxylation sites is 1. The van der Waals surface area contributed by atoms with E-state index < -0.39 is 0 Å². The van der Waals surface area contributed by atoms with Crippen molar-refractivity contribution in [2.45, 2.75) is 32.4 Å².